The number of alkyl carbamates (subject to hydrolysis) is 1. The van der Waals surface area contributed by atoms with Crippen LogP contribution < -0.4 is 5.32 Å². The van der Waals surface area contributed by atoms with Gasteiger partial charge in [0.05, 0.1) is 13.2 Å². The zero-order valence-electron chi connectivity index (χ0n) is 16.6. The van der Waals surface area contributed by atoms with Gasteiger partial charge in [0.25, 0.3) is 0 Å². The summed E-state index contributed by atoms with van der Waals surface area (Å²) in [5, 5.41) is 2.63. The molecule has 0 aliphatic carbocycles. The second-order valence-corrected chi connectivity index (χ2v) is 6.62. The van der Waals surface area contributed by atoms with Crippen molar-refractivity contribution in [3.63, 3.8) is 0 Å². The van der Waals surface area contributed by atoms with Crippen LogP contribution in [0.4, 0.5) is 4.79 Å². The van der Waals surface area contributed by atoms with Crippen molar-refractivity contribution in [2.45, 2.75) is 104 Å². The van der Waals surface area contributed by atoms with E-state index >= 15 is 0 Å². The number of hydrogen-bond acceptors (Lipinski definition) is 4. The molecule has 1 unspecified atom stereocenters. The van der Waals surface area contributed by atoms with Gasteiger partial charge in [-0.05, 0) is 19.3 Å². The maximum atomic E-state index is 12.2. The molecule has 1 atom stereocenters. The van der Waals surface area contributed by atoms with E-state index in [2.05, 4.69) is 19.2 Å². The minimum absolute atomic E-state index is 0.343. The molecule has 0 aromatic carbocycles. The smallest absolute Gasteiger partial charge is 0.407 e. The van der Waals surface area contributed by atoms with Gasteiger partial charge in [-0.3, -0.25) is 0 Å². The third-order valence-electron chi connectivity index (χ3n) is 4.10. The summed E-state index contributed by atoms with van der Waals surface area (Å²) >= 11 is 0. The van der Waals surface area contributed by atoms with Crippen LogP contribution in [0.1, 0.15) is 97.8 Å². The molecule has 0 radical (unpaired) electrons. The number of esters is 1. The van der Waals surface area contributed by atoms with E-state index in [0.717, 1.165) is 32.1 Å². The highest BCUT2D eigenvalue weighted by Crippen LogP contribution is 2.09. The van der Waals surface area contributed by atoms with Crippen LogP contribution in [0.15, 0.2) is 0 Å². The third-order valence-corrected chi connectivity index (χ3v) is 4.10. The van der Waals surface area contributed by atoms with Crippen molar-refractivity contribution < 1.29 is 19.1 Å². The van der Waals surface area contributed by atoms with E-state index < -0.39 is 12.1 Å². The first-order chi connectivity index (χ1) is 12.2. The maximum absolute atomic E-state index is 12.2. The Bertz CT molecular complexity index is 334. The summed E-state index contributed by atoms with van der Waals surface area (Å²) in [6, 6.07) is -0.599. The average molecular weight is 358 g/mol. The number of unbranched alkanes of at least 4 members (excludes halogenated alkanes) is 8. The van der Waals surface area contributed by atoms with Gasteiger partial charge >= 0.3 is 12.1 Å². The van der Waals surface area contributed by atoms with E-state index in [9.17, 15) is 9.59 Å². The van der Waals surface area contributed by atoms with E-state index in [1.165, 1.54) is 38.5 Å². The summed E-state index contributed by atoms with van der Waals surface area (Å²) in [6.07, 6.45) is 12.3. The largest absolute Gasteiger partial charge is 0.464 e. The molecule has 0 aromatic rings. The molecule has 148 valence electrons. The molecule has 0 saturated carbocycles. The minimum atomic E-state index is -0.599. The fourth-order valence-corrected chi connectivity index (χ4v) is 2.55. The lowest BCUT2D eigenvalue weighted by molar-refractivity contribution is -0.146. The molecule has 25 heavy (non-hydrogen) atoms. The third kappa shape index (κ3) is 14.8. The van der Waals surface area contributed by atoms with Crippen LogP contribution in [0.5, 0.6) is 0 Å². The molecule has 0 fully saturated rings. The number of rotatable bonds is 16. The Kier molecular flexibility index (Phi) is 16.7. The molecule has 5 heteroatoms. The number of hydrogen-bond donors (Lipinski definition) is 1. The van der Waals surface area contributed by atoms with Crippen LogP contribution in [-0.4, -0.2) is 31.3 Å². The normalized spacial score (nSPS) is 11.8. The zero-order chi connectivity index (χ0) is 18.8. The van der Waals surface area contributed by atoms with Crippen LogP contribution >= 0.6 is 0 Å². The molecule has 0 spiro atoms. The van der Waals surface area contributed by atoms with Gasteiger partial charge in [0.2, 0.25) is 0 Å². The van der Waals surface area contributed by atoms with Crippen molar-refractivity contribution in [2.75, 3.05) is 13.2 Å². The lowest BCUT2D eigenvalue weighted by atomic mass is 10.1. The Hall–Kier alpha value is -1.26. The molecule has 1 amide bonds. The molecule has 5 nitrogen and oxygen atoms in total. The van der Waals surface area contributed by atoms with Crippen molar-refractivity contribution in [2.24, 2.45) is 0 Å². The fourth-order valence-electron chi connectivity index (χ4n) is 2.55. The topological polar surface area (TPSA) is 64.6 Å². The molecule has 0 rings (SSSR count). The first-order valence-corrected chi connectivity index (χ1v) is 10.3. The summed E-state index contributed by atoms with van der Waals surface area (Å²) < 4.78 is 10.3. The Morgan fingerprint density at radius 3 is 1.92 bits per heavy atom. The molecular weight excluding hydrogens is 318 g/mol. The number of nitrogens with one attached hydrogen (secondary N) is 1. The molecule has 0 aromatic heterocycles. The number of amides is 1. The van der Waals surface area contributed by atoms with Gasteiger partial charge in [0.15, 0.2) is 0 Å². The zero-order valence-corrected chi connectivity index (χ0v) is 16.6. The predicted octanol–water partition coefficient (Wildman–Crippen LogP) is 5.37. The van der Waals surface area contributed by atoms with E-state index in [0.29, 0.717) is 19.6 Å². The van der Waals surface area contributed by atoms with Crippen molar-refractivity contribution in [1.82, 2.24) is 5.32 Å². The lowest BCUT2D eigenvalue weighted by Gasteiger charge is -2.17. The van der Waals surface area contributed by atoms with Gasteiger partial charge in [-0.25, -0.2) is 9.59 Å². The number of carbonyl (C=O) groups excluding carboxylic acids is 2. The maximum Gasteiger partial charge on any atom is 0.407 e. The molecule has 1 N–H and O–H groups in total. The Labute approximate surface area is 154 Å². The quantitative estimate of drug-likeness (QED) is 0.298. The van der Waals surface area contributed by atoms with Gasteiger partial charge in [0, 0.05) is 0 Å². The Morgan fingerprint density at radius 1 is 0.720 bits per heavy atom. The SMILES string of the molecule is CCCCCCCCCCOC(=O)C(CCCC)NC(=O)OCCC. The summed E-state index contributed by atoms with van der Waals surface area (Å²) in [6.45, 7) is 7.00. The highest BCUT2D eigenvalue weighted by Gasteiger charge is 2.22. The van der Waals surface area contributed by atoms with Crippen LogP contribution in [0.25, 0.3) is 0 Å². The van der Waals surface area contributed by atoms with Gasteiger partial charge in [-0.15, -0.1) is 0 Å². The predicted molar refractivity (Wildman–Crippen MR) is 102 cm³/mol. The highest BCUT2D eigenvalue weighted by molar-refractivity contribution is 5.81. The van der Waals surface area contributed by atoms with Crippen molar-refractivity contribution in [1.29, 1.82) is 0 Å². The first kappa shape index (κ1) is 23.7. The molecule has 0 aliphatic heterocycles. The van der Waals surface area contributed by atoms with Crippen LogP contribution in [0.2, 0.25) is 0 Å². The van der Waals surface area contributed by atoms with E-state index in [-0.39, 0.29) is 5.97 Å². The number of ether oxygens (including phenoxy) is 2. The van der Waals surface area contributed by atoms with Crippen molar-refractivity contribution >= 4 is 12.1 Å². The molecule has 0 bridgehead atoms. The van der Waals surface area contributed by atoms with Crippen LogP contribution in [0, 0.1) is 0 Å². The van der Waals surface area contributed by atoms with Gasteiger partial charge < -0.3 is 14.8 Å². The van der Waals surface area contributed by atoms with E-state index in [4.69, 9.17) is 9.47 Å². The number of carbonyl (C=O) groups is 2. The minimum Gasteiger partial charge on any atom is -0.464 e. The van der Waals surface area contributed by atoms with Gasteiger partial charge in [0.1, 0.15) is 6.04 Å². The Balaban J connectivity index is 3.91. The van der Waals surface area contributed by atoms with Crippen molar-refractivity contribution in [3.8, 4) is 0 Å². The summed E-state index contributed by atoms with van der Waals surface area (Å²) in [5.74, 6) is -0.343. The molecular formula is C20H39NO4. The standard InChI is InChI=1S/C20H39NO4/c1-4-7-9-10-11-12-13-14-17-24-19(22)18(15-8-5-2)21-20(23)25-16-6-3/h18H,4-17H2,1-3H3,(H,21,23). The molecule has 0 saturated heterocycles. The summed E-state index contributed by atoms with van der Waals surface area (Å²) in [4.78, 5) is 23.8. The van der Waals surface area contributed by atoms with Gasteiger partial charge in [-0.2, -0.15) is 0 Å². The van der Waals surface area contributed by atoms with E-state index in [1.54, 1.807) is 0 Å². The van der Waals surface area contributed by atoms with Gasteiger partial charge in [-0.1, -0.05) is 78.6 Å². The molecule has 0 heterocycles. The second kappa shape index (κ2) is 17.6. The second-order valence-electron chi connectivity index (χ2n) is 6.62. The van der Waals surface area contributed by atoms with Crippen LogP contribution in [0.3, 0.4) is 0 Å². The summed E-state index contributed by atoms with van der Waals surface area (Å²) in [7, 11) is 0. The monoisotopic (exact) mass is 357 g/mol. The lowest BCUT2D eigenvalue weighted by Crippen LogP contribution is -2.42. The fraction of sp³-hybridized carbons (Fsp3) is 0.900. The highest BCUT2D eigenvalue weighted by atomic mass is 16.6. The Morgan fingerprint density at radius 2 is 1.32 bits per heavy atom. The van der Waals surface area contributed by atoms with Crippen LogP contribution in [-0.2, 0) is 14.3 Å². The first-order valence-electron chi connectivity index (χ1n) is 10.3. The summed E-state index contributed by atoms with van der Waals surface area (Å²) in [5.41, 5.74) is 0. The average Bonchev–Trinajstić information content (AvgIpc) is 2.61. The van der Waals surface area contributed by atoms with E-state index in [1.807, 2.05) is 6.92 Å². The van der Waals surface area contributed by atoms with Crippen molar-refractivity contribution in [3.05, 3.63) is 0 Å². The molecule has 0 aliphatic rings.